The van der Waals surface area contributed by atoms with Crippen LogP contribution in [0.15, 0.2) is 46.9 Å². The molecule has 21 heavy (non-hydrogen) atoms. The summed E-state index contributed by atoms with van der Waals surface area (Å²) in [6.45, 7) is 0.103. The lowest BCUT2D eigenvalue weighted by Crippen LogP contribution is -2.10. The molecule has 0 aliphatic rings. The van der Waals surface area contributed by atoms with Crippen LogP contribution in [-0.2, 0) is 0 Å². The number of halogens is 1. The van der Waals surface area contributed by atoms with E-state index in [0.29, 0.717) is 21.5 Å². The number of hydrogen-bond acceptors (Lipinski definition) is 4. The van der Waals surface area contributed by atoms with Gasteiger partial charge in [-0.2, -0.15) is 0 Å². The number of benzene rings is 2. The Morgan fingerprint density at radius 2 is 2.10 bits per heavy atom. The first-order valence-corrected chi connectivity index (χ1v) is 7.13. The Balaban J connectivity index is 2.03. The van der Waals surface area contributed by atoms with Gasteiger partial charge in [0.05, 0.1) is 11.6 Å². The second-order valence-electron chi connectivity index (χ2n) is 4.41. The fraction of sp³-hybridized carbons (Fsp3) is 0.188. The topological polar surface area (TPSA) is 55.8 Å². The highest BCUT2D eigenvalue weighted by molar-refractivity contribution is 9.10. The summed E-state index contributed by atoms with van der Waals surface area (Å²) >= 11 is 3.33. The number of ether oxygens (including phenoxy) is 2. The van der Waals surface area contributed by atoms with E-state index in [1.54, 1.807) is 37.4 Å². The Morgan fingerprint density at radius 1 is 1.29 bits per heavy atom. The monoisotopic (exact) mass is 350 g/mol. The first kappa shape index (κ1) is 15.5. The van der Waals surface area contributed by atoms with Gasteiger partial charge in [0.15, 0.2) is 0 Å². The molecule has 1 N–H and O–H groups in total. The molecule has 0 saturated carbocycles. The summed E-state index contributed by atoms with van der Waals surface area (Å²) in [5.41, 5.74) is 1.28. The lowest BCUT2D eigenvalue weighted by atomic mass is 10.1. The highest BCUT2D eigenvalue weighted by Gasteiger charge is 2.11. The largest absolute Gasteiger partial charge is 0.497 e. The van der Waals surface area contributed by atoms with Gasteiger partial charge in [-0.05, 0) is 51.8 Å². The standard InChI is InChI=1S/C16H15BrO4/c1-20-13-4-2-3-12(8-13)15(19)10-21-16-6-5-11(9-18)7-14(16)17/h2-9,15,19H,10H2,1H3. The third-order valence-corrected chi connectivity index (χ3v) is 3.59. The molecule has 1 unspecified atom stereocenters. The lowest BCUT2D eigenvalue weighted by molar-refractivity contribution is 0.107. The molecule has 0 amide bonds. The van der Waals surface area contributed by atoms with E-state index in [2.05, 4.69) is 15.9 Å². The maximum absolute atomic E-state index is 10.7. The zero-order valence-corrected chi connectivity index (χ0v) is 13.0. The molecule has 0 saturated heterocycles. The fourth-order valence-electron chi connectivity index (χ4n) is 1.82. The van der Waals surface area contributed by atoms with E-state index in [1.807, 2.05) is 12.1 Å². The van der Waals surface area contributed by atoms with Crippen molar-refractivity contribution in [1.82, 2.24) is 0 Å². The molecule has 0 fully saturated rings. The van der Waals surface area contributed by atoms with Crippen LogP contribution in [0.3, 0.4) is 0 Å². The normalized spacial score (nSPS) is 11.8. The van der Waals surface area contributed by atoms with Crippen LogP contribution >= 0.6 is 15.9 Å². The highest BCUT2D eigenvalue weighted by Crippen LogP contribution is 2.27. The molecular formula is C16H15BrO4. The quantitative estimate of drug-likeness (QED) is 0.811. The number of methoxy groups -OCH3 is 1. The van der Waals surface area contributed by atoms with Gasteiger partial charge < -0.3 is 14.6 Å². The maximum atomic E-state index is 10.7. The SMILES string of the molecule is COc1cccc(C(O)COc2ccc(C=O)cc2Br)c1. The van der Waals surface area contributed by atoms with Crippen LogP contribution in [0.1, 0.15) is 22.0 Å². The first-order valence-electron chi connectivity index (χ1n) is 6.33. The van der Waals surface area contributed by atoms with E-state index in [-0.39, 0.29) is 6.61 Å². The minimum absolute atomic E-state index is 0.103. The molecule has 0 heterocycles. The van der Waals surface area contributed by atoms with Crippen molar-refractivity contribution in [2.45, 2.75) is 6.10 Å². The summed E-state index contributed by atoms with van der Waals surface area (Å²) in [6, 6.07) is 12.2. The van der Waals surface area contributed by atoms with Crippen LogP contribution in [0.2, 0.25) is 0 Å². The molecule has 0 aliphatic heterocycles. The molecule has 110 valence electrons. The van der Waals surface area contributed by atoms with Crippen molar-refractivity contribution in [2.75, 3.05) is 13.7 Å². The van der Waals surface area contributed by atoms with E-state index >= 15 is 0 Å². The summed E-state index contributed by atoms with van der Waals surface area (Å²) in [4.78, 5) is 10.7. The van der Waals surface area contributed by atoms with Gasteiger partial charge in [-0.3, -0.25) is 4.79 Å². The molecular weight excluding hydrogens is 336 g/mol. The van der Waals surface area contributed by atoms with Crippen molar-refractivity contribution < 1.29 is 19.4 Å². The van der Waals surface area contributed by atoms with E-state index in [9.17, 15) is 9.90 Å². The Morgan fingerprint density at radius 3 is 2.76 bits per heavy atom. The van der Waals surface area contributed by atoms with Gasteiger partial charge in [-0.15, -0.1) is 0 Å². The number of aldehydes is 1. The minimum atomic E-state index is -0.766. The van der Waals surface area contributed by atoms with Crippen LogP contribution in [0.5, 0.6) is 11.5 Å². The zero-order chi connectivity index (χ0) is 15.2. The second-order valence-corrected chi connectivity index (χ2v) is 5.27. The van der Waals surface area contributed by atoms with E-state index in [0.717, 1.165) is 11.8 Å². The van der Waals surface area contributed by atoms with Crippen LogP contribution < -0.4 is 9.47 Å². The van der Waals surface area contributed by atoms with Crippen molar-refractivity contribution in [1.29, 1.82) is 0 Å². The summed E-state index contributed by atoms with van der Waals surface area (Å²) in [7, 11) is 1.58. The van der Waals surface area contributed by atoms with Crippen LogP contribution in [-0.4, -0.2) is 25.1 Å². The van der Waals surface area contributed by atoms with Gasteiger partial charge in [0.1, 0.15) is 30.5 Å². The first-order chi connectivity index (χ1) is 10.1. The Kier molecular flexibility index (Phi) is 5.36. The number of aliphatic hydroxyl groups is 1. The molecule has 0 aromatic heterocycles. The molecule has 0 spiro atoms. The van der Waals surface area contributed by atoms with Crippen LogP contribution in [0, 0.1) is 0 Å². The van der Waals surface area contributed by atoms with Crippen molar-refractivity contribution in [2.24, 2.45) is 0 Å². The number of carbonyl (C=O) groups is 1. The Labute approximate surface area is 131 Å². The highest BCUT2D eigenvalue weighted by atomic mass is 79.9. The van der Waals surface area contributed by atoms with Gasteiger partial charge >= 0.3 is 0 Å². The van der Waals surface area contributed by atoms with E-state index in [1.165, 1.54) is 0 Å². The van der Waals surface area contributed by atoms with E-state index < -0.39 is 6.10 Å². The fourth-order valence-corrected chi connectivity index (χ4v) is 2.33. The number of hydrogen-bond donors (Lipinski definition) is 1. The van der Waals surface area contributed by atoms with Crippen molar-refractivity contribution >= 4 is 22.2 Å². The third-order valence-electron chi connectivity index (χ3n) is 2.97. The summed E-state index contributed by atoms with van der Waals surface area (Å²) < 4.78 is 11.4. The number of aliphatic hydroxyl groups excluding tert-OH is 1. The molecule has 1 atom stereocenters. The molecule has 0 bridgehead atoms. The van der Waals surface area contributed by atoms with Gasteiger partial charge in [0.25, 0.3) is 0 Å². The second kappa shape index (κ2) is 7.24. The summed E-state index contributed by atoms with van der Waals surface area (Å²) in [6.07, 6.45) is -0.00245. The average Bonchev–Trinajstić information content (AvgIpc) is 2.53. The van der Waals surface area contributed by atoms with Gasteiger partial charge in [-0.25, -0.2) is 0 Å². The Bertz CT molecular complexity index is 627. The molecule has 0 radical (unpaired) electrons. The minimum Gasteiger partial charge on any atom is -0.497 e. The molecule has 5 heteroatoms. The van der Waals surface area contributed by atoms with Gasteiger partial charge in [-0.1, -0.05) is 12.1 Å². The summed E-state index contributed by atoms with van der Waals surface area (Å²) in [5, 5.41) is 10.1. The third kappa shape index (κ3) is 4.06. The van der Waals surface area contributed by atoms with Gasteiger partial charge in [0.2, 0.25) is 0 Å². The van der Waals surface area contributed by atoms with Crippen LogP contribution in [0.25, 0.3) is 0 Å². The molecule has 2 aromatic rings. The predicted octanol–water partition coefficient (Wildman–Crippen LogP) is 3.38. The summed E-state index contributed by atoms with van der Waals surface area (Å²) in [5.74, 6) is 1.26. The van der Waals surface area contributed by atoms with Crippen molar-refractivity contribution in [3.8, 4) is 11.5 Å². The maximum Gasteiger partial charge on any atom is 0.150 e. The van der Waals surface area contributed by atoms with Gasteiger partial charge in [0, 0.05) is 5.56 Å². The average molecular weight is 351 g/mol. The molecule has 2 aromatic carbocycles. The Hall–Kier alpha value is -1.85. The zero-order valence-electron chi connectivity index (χ0n) is 11.5. The molecule has 4 nitrogen and oxygen atoms in total. The number of carbonyl (C=O) groups excluding carboxylic acids is 1. The van der Waals surface area contributed by atoms with Crippen molar-refractivity contribution in [3.05, 3.63) is 58.1 Å². The van der Waals surface area contributed by atoms with E-state index in [4.69, 9.17) is 9.47 Å². The van der Waals surface area contributed by atoms with Crippen LogP contribution in [0.4, 0.5) is 0 Å². The molecule has 2 rings (SSSR count). The number of rotatable bonds is 6. The lowest BCUT2D eigenvalue weighted by Gasteiger charge is -2.14. The predicted molar refractivity (Wildman–Crippen MR) is 83.0 cm³/mol. The smallest absolute Gasteiger partial charge is 0.150 e. The van der Waals surface area contributed by atoms with Crippen molar-refractivity contribution in [3.63, 3.8) is 0 Å². The molecule has 0 aliphatic carbocycles.